The Morgan fingerprint density at radius 1 is 1.47 bits per heavy atom. The third-order valence-corrected chi connectivity index (χ3v) is 5.04. The van der Waals surface area contributed by atoms with Gasteiger partial charge in [-0.15, -0.1) is 0 Å². The Labute approximate surface area is 106 Å². The van der Waals surface area contributed by atoms with E-state index in [0.717, 1.165) is 6.42 Å². The summed E-state index contributed by atoms with van der Waals surface area (Å²) in [5.74, 6) is 1.09. The van der Waals surface area contributed by atoms with Crippen molar-refractivity contribution in [2.45, 2.75) is 18.2 Å². The van der Waals surface area contributed by atoms with E-state index in [0.29, 0.717) is 18.4 Å². The molecular weight excluding hydrogens is 262 g/mol. The molecule has 0 saturated heterocycles. The van der Waals surface area contributed by atoms with Crippen molar-refractivity contribution in [1.82, 2.24) is 14.3 Å². The average Bonchev–Trinajstić information content (AvgIpc) is 2.94. The minimum Gasteiger partial charge on any atom is -0.225 e. The lowest BCUT2D eigenvalue weighted by Crippen LogP contribution is -2.29. The summed E-state index contributed by atoms with van der Waals surface area (Å²) in [6.07, 6.45) is 3.56. The molecule has 1 aliphatic carbocycles. The van der Waals surface area contributed by atoms with Crippen LogP contribution in [0.4, 0.5) is 0 Å². The highest BCUT2D eigenvalue weighted by atomic mass is 35.5. The molecule has 0 bridgehead atoms. The molecule has 0 N–H and O–H groups in total. The molecule has 0 amide bonds. The molecule has 0 aliphatic heterocycles. The van der Waals surface area contributed by atoms with Gasteiger partial charge in [-0.05, 0) is 29.9 Å². The first-order valence-corrected chi connectivity index (χ1v) is 7.17. The molecule has 5 nitrogen and oxygen atoms in total. The summed E-state index contributed by atoms with van der Waals surface area (Å²) in [6, 6.07) is 0. The second kappa shape index (κ2) is 4.51. The minimum atomic E-state index is -3.48. The van der Waals surface area contributed by atoms with Crippen molar-refractivity contribution in [2.24, 2.45) is 11.8 Å². The summed E-state index contributed by atoms with van der Waals surface area (Å²) in [6.45, 7) is 2.67. The van der Waals surface area contributed by atoms with Crippen molar-refractivity contribution in [3.8, 4) is 0 Å². The minimum absolute atomic E-state index is 0.0439. The van der Waals surface area contributed by atoms with Crippen LogP contribution >= 0.6 is 11.6 Å². The number of hydrogen-bond acceptors (Lipinski definition) is 4. The zero-order valence-corrected chi connectivity index (χ0v) is 11.2. The Kier molecular flexibility index (Phi) is 3.38. The molecule has 2 rings (SSSR count). The average molecular weight is 276 g/mol. The van der Waals surface area contributed by atoms with E-state index in [4.69, 9.17) is 11.6 Å². The Hall–Kier alpha value is -0.720. The van der Waals surface area contributed by atoms with Gasteiger partial charge in [-0.1, -0.05) is 6.92 Å². The van der Waals surface area contributed by atoms with E-state index in [-0.39, 0.29) is 10.2 Å². The van der Waals surface area contributed by atoms with Gasteiger partial charge in [-0.25, -0.2) is 22.7 Å². The molecule has 1 heterocycles. The van der Waals surface area contributed by atoms with E-state index in [9.17, 15) is 8.42 Å². The molecule has 1 aliphatic rings. The van der Waals surface area contributed by atoms with Crippen molar-refractivity contribution >= 4 is 21.6 Å². The highest BCUT2D eigenvalue weighted by molar-refractivity contribution is 7.89. The topological polar surface area (TPSA) is 63.2 Å². The lowest BCUT2D eigenvalue weighted by molar-refractivity contribution is 0.444. The smallest absolute Gasteiger partial charge is 0.225 e. The van der Waals surface area contributed by atoms with Gasteiger partial charge in [-0.2, -0.15) is 0 Å². The van der Waals surface area contributed by atoms with Crippen LogP contribution in [-0.2, 0) is 10.0 Å². The van der Waals surface area contributed by atoms with Crippen LogP contribution in [0.25, 0.3) is 0 Å². The summed E-state index contributed by atoms with van der Waals surface area (Å²) < 4.78 is 25.6. The second-order valence-electron chi connectivity index (χ2n) is 4.45. The van der Waals surface area contributed by atoms with Gasteiger partial charge in [0.2, 0.25) is 15.3 Å². The number of rotatable bonds is 4. The number of aromatic nitrogens is 2. The Morgan fingerprint density at radius 3 is 2.47 bits per heavy atom. The quantitative estimate of drug-likeness (QED) is 0.780. The van der Waals surface area contributed by atoms with Crippen molar-refractivity contribution < 1.29 is 8.42 Å². The summed E-state index contributed by atoms with van der Waals surface area (Å²) in [5.41, 5.74) is 0. The predicted octanol–water partition coefficient (Wildman–Crippen LogP) is 1.41. The molecule has 0 aromatic carbocycles. The van der Waals surface area contributed by atoms with E-state index < -0.39 is 10.0 Å². The zero-order chi connectivity index (χ0) is 12.6. The highest BCUT2D eigenvalue weighted by Gasteiger charge is 2.36. The van der Waals surface area contributed by atoms with Crippen molar-refractivity contribution in [3.05, 3.63) is 17.7 Å². The maximum Gasteiger partial charge on any atom is 0.245 e. The molecule has 17 heavy (non-hydrogen) atoms. The predicted molar refractivity (Wildman–Crippen MR) is 64.1 cm³/mol. The monoisotopic (exact) mass is 275 g/mol. The Morgan fingerprint density at radius 2 is 2.00 bits per heavy atom. The Bertz CT molecular complexity index is 503. The van der Waals surface area contributed by atoms with Gasteiger partial charge in [0.15, 0.2) is 0 Å². The third-order valence-electron chi connectivity index (χ3n) is 3.07. The molecule has 0 radical (unpaired) electrons. The van der Waals surface area contributed by atoms with Crippen molar-refractivity contribution in [2.75, 3.05) is 13.6 Å². The highest BCUT2D eigenvalue weighted by Crippen LogP contribution is 2.38. The summed E-state index contributed by atoms with van der Waals surface area (Å²) in [4.78, 5) is 7.45. The largest absolute Gasteiger partial charge is 0.245 e. The summed E-state index contributed by atoms with van der Waals surface area (Å²) in [5, 5.41) is 0.0439. The Balaban J connectivity index is 2.14. The van der Waals surface area contributed by atoms with Crippen LogP contribution < -0.4 is 0 Å². The van der Waals surface area contributed by atoms with Crippen LogP contribution in [0, 0.1) is 11.8 Å². The number of sulfonamides is 1. The molecule has 2 atom stereocenters. The van der Waals surface area contributed by atoms with E-state index in [1.165, 1.54) is 16.7 Å². The molecule has 7 heteroatoms. The first-order valence-electron chi connectivity index (χ1n) is 5.35. The van der Waals surface area contributed by atoms with Gasteiger partial charge in [0, 0.05) is 13.6 Å². The normalized spacial score (nSPS) is 24.0. The molecular formula is C10H14ClN3O2S. The number of nitrogens with zero attached hydrogens (tertiary/aromatic N) is 3. The standard InChI is InChI=1S/C10H14ClN3O2S/c1-7-3-8(7)6-14(2)17(15,16)9-4-12-10(11)13-5-9/h4-5,7-8H,3,6H2,1-2H3. The molecule has 1 saturated carbocycles. The van der Waals surface area contributed by atoms with Gasteiger partial charge < -0.3 is 0 Å². The van der Waals surface area contributed by atoms with Gasteiger partial charge in [-0.3, -0.25) is 0 Å². The lowest BCUT2D eigenvalue weighted by atomic mass is 10.3. The zero-order valence-electron chi connectivity index (χ0n) is 9.67. The second-order valence-corrected chi connectivity index (χ2v) is 6.83. The van der Waals surface area contributed by atoms with E-state index in [2.05, 4.69) is 16.9 Å². The van der Waals surface area contributed by atoms with E-state index in [1.807, 2.05) is 0 Å². The molecule has 2 unspecified atom stereocenters. The van der Waals surface area contributed by atoms with Crippen LogP contribution in [0.2, 0.25) is 5.28 Å². The molecule has 94 valence electrons. The summed E-state index contributed by atoms with van der Waals surface area (Å²) in [7, 11) is -1.91. The van der Waals surface area contributed by atoms with Crippen LogP contribution in [0.5, 0.6) is 0 Å². The molecule has 1 fully saturated rings. The van der Waals surface area contributed by atoms with Gasteiger partial charge in [0.1, 0.15) is 4.90 Å². The fourth-order valence-electron chi connectivity index (χ4n) is 1.70. The fourth-order valence-corrected chi connectivity index (χ4v) is 2.91. The van der Waals surface area contributed by atoms with Crippen molar-refractivity contribution in [3.63, 3.8) is 0 Å². The maximum absolute atomic E-state index is 12.1. The molecule has 1 aromatic rings. The van der Waals surface area contributed by atoms with E-state index >= 15 is 0 Å². The lowest BCUT2D eigenvalue weighted by Gasteiger charge is -2.16. The SMILES string of the molecule is CC1CC1CN(C)S(=O)(=O)c1cnc(Cl)nc1. The van der Waals surface area contributed by atoms with Crippen LogP contribution in [-0.4, -0.2) is 36.3 Å². The van der Waals surface area contributed by atoms with Crippen molar-refractivity contribution in [1.29, 1.82) is 0 Å². The molecule has 1 aromatic heterocycles. The first-order chi connectivity index (χ1) is 7.91. The van der Waals surface area contributed by atoms with Crippen LogP contribution in [0.3, 0.4) is 0 Å². The molecule has 0 spiro atoms. The third kappa shape index (κ3) is 2.75. The van der Waals surface area contributed by atoms with E-state index in [1.54, 1.807) is 7.05 Å². The first kappa shape index (κ1) is 12.7. The summed E-state index contributed by atoms with van der Waals surface area (Å²) >= 11 is 5.52. The maximum atomic E-state index is 12.1. The van der Waals surface area contributed by atoms with Gasteiger partial charge in [0.05, 0.1) is 12.4 Å². The van der Waals surface area contributed by atoms with Gasteiger partial charge in [0.25, 0.3) is 0 Å². The number of halogens is 1. The van der Waals surface area contributed by atoms with Crippen LogP contribution in [0.1, 0.15) is 13.3 Å². The number of hydrogen-bond donors (Lipinski definition) is 0. The van der Waals surface area contributed by atoms with Crippen LogP contribution in [0.15, 0.2) is 17.3 Å². The van der Waals surface area contributed by atoms with Gasteiger partial charge >= 0.3 is 0 Å². The fraction of sp³-hybridized carbons (Fsp3) is 0.600.